The fourth-order valence-electron chi connectivity index (χ4n) is 2.62. The summed E-state index contributed by atoms with van der Waals surface area (Å²) >= 11 is 3.39. The molecule has 112 valence electrons. The first kappa shape index (κ1) is 15.8. The molecular formula is C14H19BrO4S. The standard InChI is InChI=1S/C14H19BrO4S/c1-19-13-6-5-10(8-11(13)15)9-12(16)14-4-2-3-7-20(14,17)18/h5-6,8,12,14,16H,2-4,7,9H2,1H3. The molecule has 6 heteroatoms. The first-order valence-corrected chi connectivity index (χ1v) is 9.17. The van der Waals surface area contributed by atoms with Gasteiger partial charge in [-0.2, -0.15) is 0 Å². The molecule has 0 spiro atoms. The topological polar surface area (TPSA) is 63.6 Å². The summed E-state index contributed by atoms with van der Waals surface area (Å²) in [5, 5.41) is 9.63. The van der Waals surface area contributed by atoms with Gasteiger partial charge in [0, 0.05) is 0 Å². The summed E-state index contributed by atoms with van der Waals surface area (Å²) in [4.78, 5) is 0. The van der Waals surface area contributed by atoms with Crippen molar-refractivity contribution in [1.29, 1.82) is 0 Å². The Kier molecular flexibility index (Phi) is 5.09. The van der Waals surface area contributed by atoms with Gasteiger partial charge < -0.3 is 9.84 Å². The lowest BCUT2D eigenvalue weighted by molar-refractivity contribution is 0.162. The molecule has 1 heterocycles. The first-order chi connectivity index (χ1) is 9.44. The summed E-state index contributed by atoms with van der Waals surface area (Å²) in [6.07, 6.45) is 1.63. The maximum Gasteiger partial charge on any atom is 0.155 e. The van der Waals surface area contributed by atoms with Gasteiger partial charge in [0.25, 0.3) is 0 Å². The van der Waals surface area contributed by atoms with Gasteiger partial charge in [-0.3, -0.25) is 0 Å². The van der Waals surface area contributed by atoms with Crippen molar-refractivity contribution < 1.29 is 18.3 Å². The Morgan fingerprint density at radius 1 is 1.45 bits per heavy atom. The Morgan fingerprint density at radius 3 is 2.80 bits per heavy atom. The van der Waals surface area contributed by atoms with Gasteiger partial charge in [0.1, 0.15) is 5.75 Å². The monoisotopic (exact) mass is 362 g/mol. The SMILES string of the molecule is COc1ccc(CC(O)C2CCCCS2(=O)=O)cc1Br. The average Bonchev–Trinajstić information content (AvgIpc) is 2.38. The van der Waals surface area contributed by atoms with Crippen LogP contribution in [0.5, 0.6) is 5.75 Å². The van der Waals surface area contributed by atoms with Crippen LogP contribution in [0.2, 0.25) is 0 Å². The van der Waals surface area contributed by atoms with E-state index < -0.39 is 21.2 Å². The van der Waals surface area contributed by atoms with Crippen molar-refractivity contribution in [2.75, 3.05) is 12.9 Å². The minimum Gasteiger partial charge on any atom is -0.496 e. The van der Waals surface area contributed by atoms with Crippen LogP contribution in [0.15, 0.2) is 22.7 Å². The molecule has 20 heavy (non-hydrogen) atoms. The summed E-state index contributed by atoms with van der Waals surface area (Å²) in [6, 6.07) is 5.52. The lowest BCUT2D eigenvalue weighted by Gasteiger charge is -2.26. The number of ether oxygens (including phenoxy) is 1. The normalized spacial score (nSPS) is 23.2. The van der Waals surface area contributed by atoms with Gasteiger partial charge in [-0.25, -0.2) is 8.42 Å². The van der Waals surface area contributed by atoms with E-state index in [-0.39, 0.29) is 5.75 Å². The van der Waals surface area contributed by atoms with E-state index in [0.29, 0.717) is 25.0 Å². The predicted octanol–water partition coefficient (Wildman–Crippen LogP) is 2.33. The zero-order valence-electron chi connectivity index (χ0n) is 11.4. The molecule has 0 bridgehead atoms. The van der Waals surface area contributed by atoms with E-state index in [4.69, 9.17) is 4.74 Å². The third-order valence-corrected chi connectivity index (χ3v) is 6.67. The molecule has 1 aromatic carbocycles. The largest absolute Gasteiger partial charge is 0.496 e. The number of benzene rings is 1. The summed E-state index contributed by atoms with van der Waals surface area (Å²) < 4.78 is 29.9. The van der Waals surface area contributed by atoms with Crippen LogP contribution in [0, 0.1) is 0 Å². The quantitative estimate of drug-likeness (QED) is 0.892. The van der Waals surface area contributed by atoms with Crippen LogP contribution in [0.3, 0.4) is 0 Å². The lowest BCUT2D eigenvalue weighted by atomic mass is 10.0. The van der Waals surface area contributed by atoms with Crippen molar-refractivity contribution in [3.05, 3.63) is 28.2 Å². The van der Waals surface area contributed by atoms with Crippen molar-refractivity contribution in [3.8, 4) is 5.75 Å². The molecule has 1 aromatic rings. The zero-order valence-corrected chi connectivity index (χ0v) is 13.8. The van der Waals surface area contributed by atoms with Crippen LogP contribution >= 0.6 is 15.9 Å². The lowest BCUT2D eigenvalue weighted by Crippen LogP contribution is -2.39. The third-order valence-electron chi connectivity index (χ3n) is 3.72. The molecule has 0 aliphatic carbocycles. The van der Waals surface area contributed by atoms with E-state index in [1.807, 2.05) is 18.2 Å². The van der Waals surface area contributed by atoms with E-state index in [2.05, 4.69) is 15.9 Å². The molecule has 2 rings (SSSR count). The van der Waals surface area contributed by atoms with Gasteiger partial charge in [0.05, 0.1) is 28.7 Å². The van der Waals surface area contributed by atoms with Crippen LogP contribution < -0.4 is 4.74 Å². The second-order valence-corrected chi connectivity index (χ2v) is 8.34. The zero-order chi connectivity index (χ0) is 14.8. The molecule has 0 aromatic heterocycles. The second-order valence-electron chi connectivity index (χ2n) is 5.14. The summed E-state index contributed by atoms with van der Waals surface area (Å²) in [5.74, 6) is 0.912. The maximum absolute atomic E-state index is 12.0. The maximum atomic E-state index is 12.0. The molecule has 1 fully saturated rings. The van der Waals surface area contributed by atoms with Gasteiger partial charge in [0.2, 0.25) is 0 Å². The molecule has 0 radical (unpaired) electrons. The highest BCUT2D eigenvalue weighted by atomic mass is 79.9. The van der Waals surface area contributed by atoms with Gasteiger partial charge in [0.15, 0.2) is 9.84 Å². The van der Waals surface area contributed by atoms with Gasteiger partial charge in [-0.1, -0.05) is 12.5 Å². The van der Waals surface area contributed by atoms with Crippen molar-refractivity contribution in [2.24, 2.45) is 0 Å². The average molecular weight is 363 g/mol. The Hall–Kier alpha value is -0.590. The van der Waals surface area contributed by atoms with Crippen molar-refractivity contribution in [2.45, 2.75) is 37.0 Å². The number of methoxy groups -OCH3 is 1. The summed E-state index contributed by atoms with van der Waals surface area (Å²) in [6.45, 7) is 0. The first-order valence-electron chi connectivity index (χ1n) is 6.66. The molecule has 1 aliphatic heterocycles. The number of hydrogen-bond donors (Lipinski definition) is 1. The summed E-state index contributed by atoms with van der Waals surface area (Å²) in [5.41, 5.74) is 0.894. The van der Waals surface area contributed by atoms with Crippen molar-refractivity contribution in [3.63, 3.8) is 0 Å². The van der Waals surface area contributed by atoms with Crippen LogP contribution in [0.4, 0.5) is 0 Å². The van der Waals surface area contributed by atoms with E-state index in [9.17, 15) is 13.5 Å². The highest BCUT2D eigenvalue weighted by Crippen LogP contribution is 2.28. The Morgan fingerprint density at radius 2 is 2.20 bits per heavy atom. The number of rotatable bonds is 4. The van der Waals surface area contributed by atoms with E-state index in [1.54, 1.807) is 7.11 Å². The molecule has 2 atom stereocenters. The molecule has 2 unspecified atom stereocenters. The fourth-order valence-corrected chi connectivity index (χ4v) is 5.22. The molecular weight excluding hydrogens is 344 g/mol. The number of halogens is 1. The summed E-state index contributed by atoms with van der Waals surface area (Å²) in [7, 11) is -1.57. The molecule has 0 amide bonds. The second kappa shape index (κ2) is 6.45. The number of sulfone groups is 1. The minimum atomic E-state index is -3.15. The van der Waals surface area contributed by atoms with E-state index >= 15 is 0 Å². The van der Waals surface area contributed by atoms with Crippen LogP contribution in [-0.2, 0) is 16.3 Å². The van der Waals surface area contributed by atoms with Crippen LogP contribution in [0.25, 0.3) is 0 Å². The van der Waals surface area contributed by atoms with Crippen molar-refractivity contribution >= 4 is 25.8 Å². The number of aliphatic hydroxyl groups excluding tert-OH is 1. The van der Waals surface area contributed by atoms with Gasteiger partial charge in [-0.15, -0.1) is 0 Å². The minimum absolute atomic E-state index is 0.195. The Bertz CT molecular complexity index is 571. The highest BCUT2D eigenvalue weighted by Gasteiger charge is 2.34. The number of hydrogen-bond acceptors (Lipinski definition) is 4. The molecule has 1 saturated heterocycles. The molecule has 0 saturated carbocycles. The number of aliphatic hydroxyl groups is 1. The predicted molar refractivity (Wildman–Crippen MR) is 81.8 cm³/mol. The van der Waals surface area contributed by atoms with E-state index in [1.165, 1.54) is 0 Å². The van der Waals surface area contributed by atoms with Gasteiger partial charge >= 0.3 is 0 Å². The van der Waals surface area contributed by atoms with Crippen LogP contribution in [-0.4, -0.2) is 37.7 Å². The third kappa shape index (κ3) is 3.54. The van der Waals surface area contributed by atoms with Gasteiger partial charge in [-0.05, 0) is 52.9 Å². The molecule has 1 aliphatic rings. The van der Waals surface area contributed by atoms with Crippen molar-refractivity contribution in [1.82, 2.24) is 0 Å². The molecule has 4 nitrogen and oxygen atoms in total. The fraction of sp³-hybridized carbons (Fsp3) is 0.571. The highest BCUT2D eigenvalue weighted by molar-refractivity contribution is 9.10. The van der Waals surface area contributed by atoms with E-state index in [0.717, 1.165) is 16.5 Å². The van der Waals surface area contributed by atoms with Crippen LogP contribution in [0.1, 0.15) is 24.8 Å². The Labute approximate surface area is 128 Å². The Balaban J connectivity index is 2.11. The smallest absolute Gasteiger partial charge is 0.155 e. The molecule has 1 N–H and O–H groups in total.